The van der Waals surface area contributed by atoms with Crippen molar-refractivity contribution in [2.45, 2.75) is 6.92 Å². The molecule has 2 rings (SSSR count). The van der Waals surface area contributed by atoms with E-state index in [1.165, 1.54) is 13.3 Å². The summed E-state index contributed by atoms with van der Waals surface area (Å²) in [5.74, 6) is -0.596. The normalized spacial score (nSPS) is 10.5. The average molecular weight is 376 g/mol. The van der Waals surface area contributed by atoms with Crippen molar-refractivity contribution in [3.8, 4) is 11.5 Å². The summed E-state index contributed by atoms with van der Waals surface area (Å²) in [6.45, 7) is 1.77. The van der Waals surface area contributed by atoms with Crippen molar-refractivity contribution in [2.75, 3.05) is 19.5 Å². The Kier molecular flexibility index (Phi) is 6.57. The summed E-state index contributed by atoms with van der Waals surface area (Å²) in [6, 6.07) is 10.0. The van der Waals surface area contributed by atoms with E-state index in [0.717, 1.165) is 5.56 Å². The number of amides is 2. The van der Waals surface area contributed by atoms with E-state index in [-0.39, 0.29) is 0 Å². The van der Waals surface area contributed by atoms with Crippen LogP contribution < -0.4 is 20.2 Å². The second kappa shape index (κ2) is 8.87. The van der Waals surface area contributed by atoms with Crippen LogP contribution in [0.5, 0.6) is 11.5 Å². The zero-order chi connectivity index (χ0) is 19.1. The summed E-state index contributed by atoms with van der Waals surface area (Å²) >= 11 is 5.86. The van der Waals surface area contributed by atoms with Crippen LogP contribution in [0, 0.1) is 6.92 Å². The van der Waals surface area contributed by atoms with E-state index < -0.39 is 11.8 Å². The molecule has 0 unspecified atom stereocenters. The summed E-state index contributed by atoms with van der Waals surface area (Å²) in [4.78, 5) is 23.8. The van der Waals surface area contributed by atoms with Gasteiger partial charge in [0.2, 0.25) is 0 Å². The van der Waals surface area contributed by atoms with Crippen molar-refractivity contribution >= 4 is 35.3 Å². The predicted octanol–water partition coefficient (Wildman–Crippen LogP) is 2.75. The molecule has 0 aliphatic carbocycles. The lowest BCUT2D eigenvalue weighted by molar-refractivity contribution is -0.136. The van der Waals surface area contributed by atoms with Crippen LogP contribution in [0.15, 0.2) is 41.5 Å². The monoisotopic (exact) mass is 375 g/mol. The molecule has 0 aromatic heterocycles. The SMILES string of the molecule is COc1ccc(/C=N/NC(=O)C(=O)Nc2ccc(Cl)cc2C)c(OC)c1. The largest absolute Gasteiger partial charge is 0.497 e. The van der Waals surface area contributed by atoms with Crippen LogP contribution in [-0.2, 0) is 9.59 Å². The van der Waals surface area contributed by atoms with Crippen molar-refractivity contribution in [3.63, 3.8) is 0 Å². The van der Waals surface area contributed by atoms with Crippen LogP contribution in [-0.4, -0.2) is 32.2 Å². The molecule has 2 aromatic carbocycles. The van der Waals surface area contributed by atoms with Gasteiger partial charge < -0.3 is 14.8 Å². The molecule has 7 nitrogen and oxygen atoms in total. The van der Waals surface area contributed by atoms with Crippen LogP contribution in [0.3, 0.4) is 0 Å². The minimum absolute atomic E-state index is 0.496. The van der Waals surface area contributed by atoms with Crippen molar-refractivity contribution in [3.05, 3.63) is 52.5 Å². The molecule has 0 aliphatic heterocycles. The number of nitrogens with zero attached hydrogens (tertiary/aromatic N) is 1. The molecule has 0 atom stereocenters. The number of nitrogens with one attached hydrogen (secondary N) is 2. The molecule has 0 saturated heterocycles. The number of anilines is 1. The zero-order valence-electron chi connectivity index (χ0n) is 14.5. The Labute approximate surface area is 155 Å². The maximum Gasteiger partial charge on any atom is 0.329 e. The number of hydrogen-bond donors (Lipinski definition) is 2. The summed E-state index contributed by atoms with van der Waals surface area (Å²) in [6.07, 6.45) is 1.37. The number of ether oxygens (including phenoxy) is 2. The van der Waals surface area contributed by atoms with Gasteiger partial charge in [0.1, 0.15) is 11.5 Å². The highest BCUT2D eigenvalue weighted by molar-refractivity contribution is 6.39. The molecule has 0 heterocycles. The van der Waals surface area contributed by atoms with Crippen LogP contribution in [0.4, 0.5) is 5.69 Å². The Morgan fingerprint density at radius 2 is 1.85 bits per heavy atom. The highest BCUT2D eigenvalue weighted by atomic mass is 35.5. The Morgan fingerprint density at radius 3 is 2.50 bits per heavy atom. The number of methoxy groups -OCH3 is 2. The second-order valence-electron chi connectivity index (χ2n) is 5.22. The van der Waals surface area contributed by atoms with E-state index in [9.17, 15) is 9.59 Å². The Balaban J connectivity index is 1.99. The number of carbonyl (C=O) groups is 2. The third-order valence-corrected chi connectivity index (χ3v) is 3.69. The van der Waals surface area contributed by atoms with Gasteiger partial charge in [0.15, 0.2) is 0 Å². The molecular formula is C18H18ClN3O4. The first kappa shape index (κ1) is 19.3. The van der Waals surface area contributed by atoms with Gasteiger partial charge in [0.05, 0.1) is 20.4 Å². The van der Waals surface area contributed by atoms with Crippen molar-refractivity contribution in [2.24, 2.45) is 5.10 Å². The molecule has 2 amide bonds. The van der Waals surface area contributed by atoms with Gasteiger partial charge in [-0.15, -0.1) is 0 Å². The minimum atomic E-state index is -0.900. The third-order valence-electron chi connectivity index (χ3n) is 3.45. The third kappa shape index (κ3) is 4.97. The Bertz CT molecular complexity index is 852. The first-order chi connectivity index (χ1) is 12.4. The molecule has 0 fully saturated rings. The van der Waals surface area contributed by atoms with Gasteiger partial charge in [-0.2, -0.15) is 5.10 Å². The minimum Gasteiger partial charge on any atom is -0.497 e. The standard InChI is InChI=1S/C18H18ClN3O4/c1-11-8-13(19)5-7-15(11)21-17(23)18(24)22-20-10-12-4-6-14(25-2)9-16(12)26-3/h4-10H,1-3H3,(H,21,23)(H,22,24)/b20-10+. The molecule has 26 heavy (non-hydrogen) atoms. The molecule has 0 bridgehead atoms. The highest BCUT2D eigenvalue weighted by Crippen LogP contribution is 2.23. The molecule has 8 heteroatoms. The lowest BCUT2D eigenvalue weighted by atomic mass is 10.2. The summed E-state index contributed by atoms with van der Waals surface area (Å²) < 4.78 is 10.3. The van der Waals surface area contributed by atoms with E-state index in [2.05, 4.69) is 15.8 Å². The fourth-order valence-electron chi connectivity index (χ4n) is 2.08. The first-order valence-corrected chi connectivity index (χ1v) is 7.95. The van der Waals surface area contributed by atoms with Crippen LogP contribution >= 0.6 is 11.6 Å². The number of hydrazone groups is 1. The van der Waals surface area contributed by atoms with Gasteiger partial charge >= 0.3 is 11.8 Å². The lowest BCUT2D eigenvalue weighted by Gasteiger charge is -2.08. The van der Waals surface area contributed by atoms with Gasteiger partial charge in [-0.1, -0.05) is 11.6 Å². The Hall–Kier alpha value is -3.06. The van der Waals surface area contributed by atoms with E-state index in [1.807, 2.05) is 0 Å². The maximum absolute atomic E-state index is 11.9. The van der Waals surface area contributed by atoms with Gasteiger partial charge in [-0.25, -0.2) is 5.43 Å². The average Bonchev–Trinajstić information content (AvgIpc) is 2.63. The summed E-state index contributed by atoms with van der Waals surface area (Å²) in [5, 5.41) is 6.82. The van der Waals surface area contributed by atoms with Gasteiger partial charge in [-0.05, 0) is 42.8 Å². The summed E-state index contributed by atoms with van der Waals surface area (Å²) in [5.41, 5.74) is 4.02. The number of benzene rings is 2. The van der Waals surface area contributed by atoms with Crippen LogP contribution in [0.1, 0.15) is 11.1 Å². The fraction of sp³-hybridized carbons (Fsp3) is 0.167. The highest BCUT2D eigenvalue weighted by Gasteiger charge is 2.14. The van der Waals surface area contributed by atoms with E-state index >= 15 is 0 Å². The van der Waals surface area contributed by atoms with Crippen molar-refractivity contribution < 1.29 is 19.1 Å². The van der Waals surface area contributed by atoms with Crippen LogP contribution in [0.2, 0.25) is 5.02 Å². The fourth-order valence-corrected chi connectivity index (χ4v) is 2.31. The Morgan fingerprint density at radius 1 is 1.08 bits per heavy atom. The zero-order valence-corrected chi connectivity index (χ0v) is 15.3. The second-order valence-corrected chi connectivity index (χ2v) is 5.66. The molecule has 2 N–H and O–H groups in total. The van der Waals surface area contributed by atoms with Crippen molar-refractivity contribution in [1.29, 1.82) is 0 Å². The van der Waals surface area contributed by atoms with Gasteiger partial charge in [0.25, 0.3) is 0 Å². The molecule has 2 aromatic rings. The maximum atomic E-state index is 11.9. The number of hydrogen-bond acceptors (Lipinski definition) is 5. The molecule has 0 aliphatic rings. The molecule has 0 spiro atoms. The van der Waals surface area contributed by atoms with E-state index in [4.69, 9.17) is 21.1 Å². The van der Waals surface area contributed by atoms with E-state index in [0.29, 0.717) is 27.8 Å². The van der Waals surface area contributed by atoms with Crippen molar-refractivity contribution in [1.82, 2.24) is 5.43 Å². The van der Waals surface area contributed by atoms with Crippen LogP contribution in [0.25, 0.3) is 0 Å². The summed E-state index contributed by atoms with van der Waals surface area (Å²) in [7, 11) is 3.05. The molecule has 0 radical (unpaired) electrons. The molecule has 0 saturated carbocycles. The number of rotatable bonds is 5. The number of aryl methyl sites for hydroxylation is 1. The quantitative estimate of drug-likeness (QED) is 0.477. The topological polar surface area (TPSA) is 89.0 Å². The first-order valence-electron chi connectivity index (χ1n) is 7.57. The molecular weight excluding hydrogens is 358 g/mol. The number of carbonyl (C=O) groups excluding carboxylic acids is 2. The van der Waals surface area contributed by atoms with E-state index in [1.54, 1.807) is 50.4 Å². The lowest BCUT2D eigenvalue weighted by Crippen LogP contribution is -2.32. The smallest absolute Gasteiger partial charge is 0.329 e. The van der Waals surface area contributed by atoms with Gasteiger partial charge in [-0.3, -0.25) is 9.59 Å². The van der Waals surface area contributed by atoms with Gasteiger partial charge in [0, 0.05) is 22.3 Å². The molecule has 136 valence electrons. The number of halogens is 1. The predicted molar refractivity (Wildman–Crippen MR) is 100 cm³/mol.